The highest BCUT2D eigenvalue weighted by Crippen LogP contribution is 2.54. The molecule has 7 rings (SSSR count). The number of fused-ring (bicyclic) bond motifs is 2. The summed E-state index contributed by atoms with van der Waals surface area (Å²) in [6.07, 6.45) is 4.76. The Bertz CT molecular complexity index is 1660. The van der Waals surface area contributed by atoms with Crippen LogP contribution in [0.5, 0.6) is 0 Å². The normalized spacial score (nSPS) is 21.8. The maximum Gasteiger partial charge on any atom is 0.266 e. The lowest BCUT2D eigenvalue weighted by molar-refractivity contribution is 0.175. The first kappa shape index (κ1) is 26.7. The van der Waals surface area contributed by atoms with Gasteiger partial charge >= 0.3 is 0 Å². The van der Waals surface area contributed by atoms with Crippen LogP contribution in [0, 0.1) is 5.41 Å². The van der Waals surface area contributed by atoms with Crippen LogP contribution in [0.1, 0.15) is 74.9 Å². The van der Waals surface area contributed by atoms with Gasteiger partial charge in [-0.2, -0.15) is 10.1 Å². The van der Waals surface area contributed by atoms with Crippen LogP contribution in [-0.4, -0.2) is 42.1 Å². The molecule has 1 saturated carbocycles. The van der Waals surface area contributed by atoms with E-state index in [0.717, 1.165) is 50.9 Å². The van der Waals surface area contributed by atoms with Crippen LogP contribution in [0.3, 0.4) is 0 Å². The van der Waals surface area contributed by atoms with E-state index in [-0.39, 0.29) is 27.2 Å². The number of H-pyrrole nitrogens is 1. The van der Waals surface area contributed by atoms with E-state index >= 15 is 0 Å². The number of nitrogens with one attached hydrogen (secondary N) is 2. The lowest BCUT2D eigenvalue weighted by Gasteiger charge is -2.44. The van der Waals surface area contributed by atoms with Gasteiger partial charge in [-0.15, -0.1) is 4.72 Å². The van der Waals surface area contributed by atoms with E-state index in [9.17, 15) is 9.35 Å². The van der Waals surface area contributed by atoms with Crippen molar-refractivity contribution >= 4 is 28.3 Å². The first-order valence-electron chi connectivity index (χ1n) is 14.6. The summed E-state index contributed by atoms with van der Waals surface area (Å²) in [5.74, 6) is 0.676. The molecule has 2 aliphatic carbocycles. The van der Waals surface area contributed by atoms with Crippen LogP contribution in [0.2, 0.25) is 0 Å². The molecule has 3 heterocycles. The number of anilines is 1. The van der Waals surface area contributed by atoms with Gasteiger partial charge in [0.05, 0.1) is 11.7 Å². The SMILES string of the molecule is Cn1c(N2CCC3(CC2)Cc2ccccc2[C@H]3N[S@+]([O-])C(C)(C)C)nc2[nH]nc(C3(c4ccccc4)CC3)c2c1=O. The molecule has 214 valence electrons. The number of benzene rings is 2. The second-order valence-electron chi connectivity index (χ2n) is 13.2. The summed E-state index contributed by atoms with van der Waals surface area (Å²) in [6.45, 7) is 7.59. The minimum Gasteiger partial charge on any atom is -0.598 e. The molecule has 0 amide bonds. The van der Waals surface area contributed by atoms with Crippen molar-refractivity contribution in [2.24, 2.45) is 12.5 Å². The van der Waals surface area contributed by atoms with E-state index in [1.807, 2.05) is 46.0 Å². The number of nitrogens with zero attached hydrogens (tertiary/aromatic N) is 4. The summed E-state index contributed by atoms with van der Waals surface area (Å²) < 4.78 is 18.1. The van der Waals surface area contributed by atoms with E-state index in [4.69, 9.17) is 4.98 Å². The van der Waals surface area contributed by atoms with Crippen LogP contribution in [0.4, 0.5) is 5.95 Å². The Hall–Kier alpha value is -3.14. The number of hydrogen-bond donors (Lipinski definition) is 2. The third kappa shape index (κ3) is 4.23. The number of aromatic amines is 1. The Morgan fingerprint density at radius 2 is 1.71 bits per heavy atom. The molecule has 8 nitrogen and oxygen atoms in total. The molecule has 41 heavy (non-hydrogen) atoms. The maximum atomic E-state index is 13.8. The van der Waals surface area contributed by atoms with Crippen LogP contribution >= 0.6 is 0 Å². The molecule has 2 aromatic heterocycles. The Balaban J connectivity index is 1.18. The Labute approximate surface area is 243 Å². The van der Waals surface area contributed by atoms with Crippen molar-refractivity contribution < 1.29 is 4.55 Å². The van der Waals surface area contributed by atoms with Crippen LogP contribution in [-0.2, 0) is 30.2 Å². The third-order valence-corrected chi connectivity index (χ3v) is 11.2. The number of piperidine rings is 1. The van der Waals surface area contributed by atoms with Gasteiger partial charge in [0.15, 0.2) is 5.65 Å². The van der Waals surface area contributed by atoms with Crippen LogP contribution in [0.15, 0.2) is 59.4 Å². The highest BCUT2D eigenvalue weighted by molar-refractivity contribution is 7.90. The van der Waals surface area contributed by atoms with Crippen molar-refractivity contribution in [3.63, 3.8) is 0 Å². The van der Waals surface area contributed by atoms with Crippen molar-refractivity contribution in [2.75, 3.05) is 18.0 Å². The number of aromatic nitrogens is 4. The molecule has 0 bridgehead atoms. The van der Waals surface area contributed by atoms with Gasteiger partial charge in [-0.1, -0.05) is 54.6 Å². The third-order valence-electron chi connectivity index (χ3n) is 9.65. The second kappa shape index (κ2) is 9.44. The van der Waals surface area contributed by atoms with Crippen LogP contribution in [0.25, 0.3) is 11.0 Å². The average Bonchev–Trinajstić information content (AvgIpc) is 3.57. The summed E-state index contributed by atoms with van der Waals surface area (Å²) in [4.78, 5) is 21.0. The predicted molar refractivity (Wildman–Crippen MR) is 163 cm³/mol. The molecule has 1 spiro atoms. The quantitative estimate of drug-likeness (QED) is 0.338. The molecule has 0 radical (unpaired) electrons. The molecule has 2 N–H and O–H groups in total. The van der Waals surface area contributed by atoms with Gasteiger partial charge in [-0.05, 0) is 69.6 Å². The molecule has 9 heteroatoms. The molecule has 1 saturated heterocycles. The molecule has 2 fully saturated rings. The van der Waals surface area contributed by atoms with Crippen molar-refractivity contribution in [2.45, 2.75) is 69.1 Å². The number of rotatable bonds is 5. The van der Waals surface area contributed by atoms with Gasteiger partial charge in [-0.25, -0.2) is 0 Å². The summed E-state index contributed by atoms with van der Waals surface area (Å²) >= 11 is -1.18. The molecular weight excluding hydrogens is 532 g/mol. The zero-order valence-electron chi connectivity index (χ0n) is 24.2. The number of hydrogen-bond acceptors (Lipinski definition) is 6. The van der Waals surface area contributed by atoms with Gasteiger partial charge in [0, 0.05) is 42.3 Å². The van der Waals surface area contributed by atoms with Crippen LogP contribution < -0.4 is 15.2 Å². The van der Waals surface area contributed by atoms with E-state index in [0.29, 0.717) is 17.0 Å². The Kier molecular flexibility index (Phi) is 6.16. The van der Waals surface area contributed by atoms with E-state index in [1.165, 1.54) is 16.7 Å². The highest BCUT2D eigenvalue weighted by Gasteiger charge is 2.51. The van der Waals surface area contributed by atoms with E-state index in [1.54, 1.807) is 4.57 Å². The highest BCUT2D eigenvalue weighted by atomic mass is 32.2. The fraction of sp³-hybridized carbons (Fsp3) is 0.469. The molecule has 3 aliphatic rings. The minimum absolute atomic E-state index is 0.0285. The molecule has 1 aliphatic heterocycles. The largest absolute Gasteiger partial charge is 0.598 e. The fourth-order valence-corrected chi connectivity index (χ4v) is 8.05. The monoisotopic (exact) mass is 570 g/mol. The smallest absolute Gasteiger partial charge is 0.266 e. The Morgan fingerprint density at radius 3 is 2.39 bits per heavy atom. The van der Waals surface area contributed by atoms with Crippen molar-refractivity contribution in [3.8, 4) is 0 Å². The van der Waals surface area contributed by atoms with E-state index in [2.05, 4.69) is 56.2 Å². The standard InChI is InChI=1S/C32H38N6O2S/c1-30(2,3)41(40)36-25-23-13-9-8-10-21(23)20-31(25)16-18-38(19-17-31)29-33-27-24(28(39)37(29)4)26(34-35-27)32(14-15-32)22-11-6-5-7-12-22/h5-13,25,36H,14-20H2,1-4H3,(H,34,35)/t25-,41-/m1/s1. The average molecular weight is 571 g/mol. The topological polar surface area (TPSA) is 102 Å². The van der Waals surface area contributed by atoms with Crippen molar-refractivity contribution in [3.05, 3.63) is 87.3 Å². The molecule has 0 unspecified atom stereocenters. The first-order chi connectivity index (χ1) is 19.6. The zero-order valence-corrected chi connectivity index (χ0v) is 25.1. The minimum atomic E-state index is -1.18. The zero-order chi connectivity index (χ0) is 28.6. The fourth-order valence-electron chi connectivity index (χ4n) is 7.10. The first-order valence-corrected chi connectivity index (χ1v) is 15.8. The van der Waals surface area contributed by atoms with Gasteiger partial charge in [0.1, 0.15) is 10.1 Å². The summed E-state index contributed by atoms with van der Waals surface area (Å²) in [5, 5.41) is 8.39. The molecule has 2 atom stereocenters. The molecular formula is C32H38N6O2S. The summed E-state index contributed by atoms with van der Waals surface area (Å²) in [5.41, 5.74) is 4.91. The van der Waals surface area contributed by atoms with Gasteiger partial charge in [-0.3, -0.25) is 14.5 Å². The van der Waals surface area contributed by atoms with Gasteiger partial charge < -0.3 is 9.45 Å². The molecule has 2 aromatic carbocycles. The van der Waals surface area contributed by atoms with Crippen molar-refractivity contribution in [1.82, 2.24) is 24.5 Å². The predicted octanol–water partition coefficient (Wildman–Crippen LogP) is 4.67. The summed E-state index contributed by atoms with van der Waals surface area (Å²) in [7, 11) is 1.83. The molecule has 4 aromatic rings. The Morgan fingerprint density at radius 1 is 1.02 bits per heavy atom. The van der Waals surface area contributed by atoms with Crippen molar-refractivity contribution in [1.29, 1.82) is 0 Å². The van der Waals surface area contributed by atoms with E-state index < -0.39 is 11.4 Å². The lowest BCUT2D eigenvalue weighted by atomic mass is 9.73. The lowest BCUT2D eigenvalue weighted by Crippen LogP contribution is -2.50. The van der Waals surface area contributed by atoms with Gasteiger partial charge in [0.2, 0.25) is 5.95 Å². The maximum absolute atomic E-state index is 13.8. The summed E-state index contributed by atoms with van der Waals surface area (Å²) in [6, 6.07) is 19.0. The second-order valence-corrected chi connectivity index (χ2v) is 15.2. The van der Waals surface area contributed by atoms with Gasteiger partial charge in [0.25, 0.3) is 5.56 Å².